The van der Waals surface area contributed by atoms with Crippen LogP contribution in [-0.4, -0.2) is 5.91 Å². The van der Waals surface area contributed by atoms with Gasteiger partial charge in [0, 0.05) is 21.4 Å². The van der Waals surface area contributed by atoms with Crippen LogP contribution in [0.25, 0.3) is 0 Å². The van der Waals surface area contributed by atoms with E-state index in [-0.39, 0.29) is 5.91 Å². The van der Waals surface area contributed by atoms with Crippen molar-refractivity contribution in [3.05, 3.63) is 58.1 Å². The Kier molecular flexibility index (Phi) is 3.67. The number of nitrogens with one attached hydrogen (secondary N) is 1. The quantitative estimate of drug-likeness (QED) is 0.833. The van der Waals surface area contributed by atoms with Crippen molar-refractivity contribution in [1.29, 1.82) is 0 Å². The van der Waals surface area contributed by atoms with Gasteiger partial charge in [-0.2, -0.15) is 0 Å². The number of hydrogen-bond acceptors (Lipinski definition) is 2. The highest BCUT2D eigenvalue weighted by Gasteiger charge is 2.07. The first-order chi connectivity index (χ1) is 8.56. The molecule has 0 radical (unpaired) electrons. The lowest BCUT2D eigenvalue weighted by Crippen LogP contribution is -2.12. The summed E-state index contributed by atoms with van der Waals surface area (Å²) in [7, 11) is 0. The molecule has 2 aromatic carbocycles. The fourth-order valence-corrected chi connectivity index (χ4v) is 1.97. The Bertz CT molecular complexity index is 596. The molecule has 0 aliphatic carbocycles. The molecule has 0 saturated heterocycles. The first-order valence-corrected chi connectivity index (χ1v) is 6.28. The Morgan fingerprint density at radius 1 is 1.22 bits per heavy atom. The monoisotopic (exact) mass is 304 g/mol. The molecule has 0 fully saturated rings. The highest BCUT2D eigenvalue weighted by Crippen LogP contribution is 2.21. The average Bonchev–Trinajstić information content (AvgIpc) is 2.32. The molecule has 0 aromatic heterocycles. The van der Waals surface area contributed by atoms with E-state index in [1.807, 2.05) is 31.2 Å². The van der Waals surface area contributed by atoms with E-state index in [1.54, 1.807) is 18.2 Å². The molecule has 92 valence electrons. The second-order valence-electron chi connectivity index (χ2n) is 4.06. The Labute approximate surface area is 114 Å². The molecule has 0 saturated carbocycles. The highest BCUT2D eigenvalue weighted by molar-refractivity contribution is 9.10. The van der Waals surface area contributed by atoms with Crippen molar-refractivity contribution in [2.75, 3.05) is 11.1 Å². The predicted octanol–water partition coefficient (Wildman–Crippen LogP) is 3.59. The zero-order valence-corrected chi connectivity index (χ0v) is 11.5. The van der Waals surface area contributed by atoms with Crippen molar-refractivity contribution >= 4 is 33.2 Å². The third-order valence-electron chi connectivity index (χ3n) is 2.54. The maximum atomic E-state index is 12.0. The molecule has 4 heteroatoms. The zero-order valence-electron chi connectivity index (χ0n) is 9.91. The van der Waals surface area contributed by atoms with Crippen LogP contribution in [0.2, 0.25) is 0 Å². The van der Waals surface area contributed by atoms with Crippen molar-refractivity contribution in [2.45, 2.75) is 6.92 Å². The predicted molar refractivity (Wildman–Crippen MR) is 77.7 cm³/mol. The van der Waals surface area contributed by atoms with E-state index >= 15 is 0 Å². The van der Waals surface area contributed by atoms with Crippen molar-refractivity contribution in [2.24, 2.45) is 0 Å². The summed E-state index contributed by atoms with van der Waals surface area (Å²) in [5.41, 5.74) is 8.75. The van der Waals surface area contributed by atoms with Crippen LogP contribution in [-0.2, 0) is 0 Å². The van der Waals surface area contributed by atoms with Crippen LogP contribution in [0.5, 0.6) is 0 Å². The van der Waals surface area contributed by atoms with Crippen LogP contribution in [0.4, 0.5) is 11.4 Å². The summed E-state index contributed by atoms with van der Waals surface area (Å²) >= 11 is 3.31. The fraction of sp³-hybridized carbons (Fsp3) is 0.0714. The summed E-state index contributed by atoms with van der Waals surface area (Å²) in [4.78, 5) is 12.0. The van der Waals surface area contributed by atoms with Gasteiger partial charge in [0.25, 0.3) is 5.91 Å². The minimum Gasteiger partial charge on any atom is -0.398 e. The molecule has 0 spiro atoms. The molecule has 2 aromatic rings. The lowest BCUT2D eigenvalue weighted by atomic mass is 10.2. The van der Waals surface area contributed by atoms with E-state index in [1.165, 1.54) is 0 Å². The van der Waals surface area contributed by atoms with Gasteiger partial charge in [-0.05, 0) is 58.7 Å². The lowest BCUT2D eigenvalue weighted by molar-refractivity contribution is 0.102. The molecule has 0 atom stereocenters. The largest absolute Gasteiger partial charge is 0.398 e. The minimum atomic E-state index is -0.152. The van der Waals surface area contributed by atoms with E-state index in [9.17, 15) is 4.79 Å². The number of hydrogen-bond donors (Lipinski definition) is 2. The van der Waals surface area contributed by atoms with Gasteiger partial charge in [0.05, 0.1) is 0 Å². The van der Waals surface area contributed by atoms with E-state index in [2.05, 4.69) is 21.2 Å². The van der Waals surface area contributed by atoms with Crippen molar-refractivity contribution in [1.82, 2.24) is 0 Å². The van der Waals surface area contributed by atoms with Gasteiger partial charge in [-0.1, -0.05) is 12.1 Å². The van der Waals surface area contributed by atoms with E-state index < -0.39 is 0 Å². The molecule has 0 aliphatic heterocycles. The third-order valence-corrected chi connectivity index (χ3v) is 3.23. The lowest BCUT2D eigenvalue weighted by Gasteiger charge is -2.07. The second-order valence-corrected chi connectivity index (χ2v) is 4.91. The number of aryl methyl sites for hydroxylation is 1. The van der Waals surface area contributed by atoms with E-state index in [4.69, 9.17) is 5.73 Å². The van der Waals surface area contributed by atoms with Gasteiger partial charge in [0.1, 0.15) is 0 Å². The van der Waals surface area contributed by atoms with Crippen molar-refractivity contribution < 1.29 is 4.79 Å². The first kappa shape index (κ1) is 12.6. The standard InChI is InChI=1S/C14H13BrN2O/c1-9-3-2-4-11(7-9)17-14(18)10-5-6-13(16)12(15)8-10/h2-8H,16H2,1H3,(H,17,18). The molecule has 3 N–H and O–H groups in total. The van der Waals surface area contributed by atoms with Crippen LogP contribution in [0.1, 0.15) is 15.9 Å². The Hall–Kier alpha value is -1.81. The average molecular weight is 305 g/mol. The van der Waals surface area contributed by atoms with Crippen molar-refractivity contribution in [3.8, 4) is 0 Å². The number of nitrogens with two attached hydrogens (primary N) is 1. The van der Waals surface area contributed by atoms with Gasteiger partial charge >= 0.3 is 0 Å². The van der Waals surface area contributed by atoms with Crippen LogP contribution < -0.4 is 11.1 Å². The first-order valence-electron chi connectivity index (χ1n) is 5.49. The number of carbonyl (C=O) groups is 1. The number of rotatable bonds is 2. The van der Waals surface area contributed by atoms with Crippen molar-refractivity contribution in [3.63, 3.8) is 0 Å². The van der Waals surface area contributed by atoms with Gasteiger partial charge in [0.15, 0.2) is 0 Å². The maximum Gasteiger partial charge on any atom is 0.255 e. The van der Waals surface area contributed by atoms with Crippen LogP contribution >= 0.6 is 15.9 Å². The number of anilines is 2. The summed E-state index contributed by atoms with van der Waals surface area (Å²) in [6.07, 6.45) is 0. The van der Waals surface area contributed by atoms with Crippen LogP contribution in [0, 0.1) is 6.92 Å². The number of nitrogen functional groups attached to an aromatic ring is 1. The highest BCUT2D eigenvalue weighted by atomic mass is 79.9. The summed E-state index contributed by atoms with van der Waals surface area (Å²) in [6, 6.07) is 12.8. The molecule has 2 rings (SSSR count). The van der Waals surface area contributed by atoms with Gasteiger partial charge < -0.3 is 11.1 Å². The summed E-state index contributed by atoms with van der Waals surface area (Å²) in [6.45, 7) is 1.98. The number of carbonyl (C=O) groups excluding carboxylic acids is 1. The minimum absolute atomic E-state index is 0.152. The fourth-order valence-electron chi connectivity index (χ4n) is 1.59. The Balaban J connectivity index is 2.19. The van der Waals surface area contributed by atoms with Gasteiger partial charge in [0.2, 0.25) is 0 Å². The SMILES string of the molecule is Cc1cccc(NC(=O)c2ccc(N)c(Br)c2)c1. The Morgan fingerprint density at radius 2 is 2.00 bits per heavy atom. The smallest absolute Gasteiger partial charge is 0.255 e. The van der Waals surface area contributed by atoms with Crippen LogP contribution in [0.15, 0.2) is 46.9 Å². The van der Waals surface area contributed by atoms with E-state index in [0.29, 0.717) is 11.3 Å². The number of halogens is 1. The molecule has 0 heterocycles. The third kappa shape index (κ3) is 2.90. The molecule has 0 bridgehead atoms. The molecular weight excluding hydrogens is 292 g/mol. The molecular formula is C14H13BrN2O. The summed E-state index contributed by atoms with van der Waals surface area (Å²) in [5, 5.41) is 2.85. The second kappa shape index (κ2) is 5.23. The van der Waals surface area contributed by atoms with Gasteiger partial charge in [-0.3, -0.25) is 4.79 Å². The molecule has 0 unspecified atom stereocenters. The summed E-state index contributed by atoms with van der Waals surface area (Å²) < 4.78 is 0.722. The molecule has 0 aliphatic rings. The van der Waals surface area contributed by atoms with Crippen LogP contribution in [0.3, 0.4) is 0 Å². The normalized spacial score (nSPS) is 10.1. The number of benzene rings is 2. The molecule has 18 heavy (non-hydrogen) atoms. The zero-order chi connectivity index (χ0) is 13.1. The maximum absolute atomic E-state index is 12.0. The van der Waals surface area contributed by atoms with Gasteiger partial charge in [-0.15, -0.1) is 0 Å². The Morgan fingerprint density at radius 3 is 2.67 bits per heavy atom. The topological polar surface area (TPSA) is 55.1 Å². The van der Waals surface area contributed by atoms with E-state index in [0.717, 1.165) is 15.7 Å². The number of amides is 1. The summed E-state index contributed by atoms with van der Waals surface area (Å²) in [5.74, 6) is -0.152. The van der Waals surface area contributed by atoms with Gasteiger partial charge in [-0.25, -0.2) is 0 Å². The molecule has 3 nitrogen and oxygen atoms in total. The molecule has 1 amide bonds.